The van der Waals surface area contributed by atoms with Gasteiger partial charge in [0.05, 0.1) is 0 Å². The maximum atomic E-state index is 13.6. The van der Waals surface area contributed by atoms with Gasteiger partial charge in [0.2, 0.25) is 0 Å². The van der Waals surface area contributed by atoms with Gasteiger partial charge < -0.3 is 10.2 Å². The quantitative estimate of drug-likeness (QED) is 0.0286. The van der Waals surface area contributed by atoms with E-state index in [1.54, 1.807) is 0 Å². The Labute approximate surface area is 306 Å². The normalized spacial score (nSPS) is 13.1. The SMILES string of the molecule is CCC[CH2][Sn]([CH2]CCC)([O]C(=O)C(CS)CCCCCCCCCCCCO)[O]C(=O)C(CS)CCCCCCCCCCCCO. The molecular weight excluding hydrogens is 735 g/mol. The Balaban J connectivity index is 4.87. The molecule has 47 heavy (non-hydrogen) atoms. The first-order valence-corrected chi connectivity index (χ1v) is 27.5. The topological polar surface area (TPSA) is 93.1 Å². The van der Waals surface area contributed by atoms with Crippen molar-refractivity contribution in [3.63, 3.8) is 0 Å². The number of thiol groups is 2. The second-order valence-electron chi connectivity index (χ2n) is 13.8. The second kappa shape index (κ2) is 34.8. The molecule has 0 spiro atoms. The first kappa shape index (κ1) is 47.4. The smallest absolute Gasteiger partial charge is 0.396 e. The average molecular weight is 812 g/mol. The summed E-state index contributed by atoms with van der Waals surface area (Å²) < 4.78 is 14.4. The Bertz CT molecular complexity index is 656. The van der Waals surface area contributed by atoms with Gasteiger partial charge in [-0.25, -0.2) is 0 Å². The molecule has 0 saturated carbocycles. The fraction of sp³-hybridized carbons (Fsp3) is 0.947. The van der Waals surface area contributed by atoms with E-state index < -0.39 is 19.2 Å². The van der Waals surface area contributed by atoms with Gasteiger partial charge in [-0.05, 0) is 12.8 Å². The van der Waals surface area contributed by atoms with Gasteiger partial charge in [0.1, 0.15) is 0 Å². The molecule has 0 aliphatic carbocycles. The van der Waals surface area contributed by atoms with Crippen molar-refractivity contribution in [1.82, 2.24) is 0 Å². The molecule has 0 aromatic carbocycles. The van der Waals surface area contributed by atoms with Crippen LogP contribution >= 0.6 is 25.3 Å². The molecule has 9 heteroatoms. The molecule has 0 aromatic heterocycles. The summed E-state index contributed by atoms with van der Waals surface area (Å²) >= 11 is 5.05. The summed E-state index contributed by atoms with van der Waals surface area (Å²) in [4.78, 5) is 27.2. The molecule has 6 nitrogen and oxygen atoms in total. The van der Waals surface area contributed by atoms with E-state index in [-0.39, 0.29) is 23.8 Å². The number of hydrogen-bond acceptors (Lipinski definition) is 8. The third-order valence-corrected chi connectivity index (χ3v) is 19.9. The minimum atomic E-state index is -4.04. The molecule has 0 fully saturated rings. The third-order valence-electron chi connectivity index (χ3n) is 9.42. The van der Waals surface area contributed by atoms with Gasteiger partial charge in [-0.2, -0.15) is 0 Å². The van der Waals surface area contributed by atoms with Crippen LogP contribution < -0.4 is 0 Å². The zero-order valence-corrected chi connectivity index (χ0v) is 35.3. The second-order valence-corrected chi connectivity index (χ2v) is 23.8. The van der Waals surface area contributed by atoms with Crippen LogP contribution in [-0.2, 0) is 15.7 Å². The summed E-state index contributed by atoms with van der Waals surface area (Å²) in [6.45, 7) is 4.89. The van der Waals surface area contributed by atoms with Crippen LogP contribution in [0.4, 0.5) is 0 Å². The molecule has 0 rings (SSSR count). The Kier molecular flexibility index (Phi) is 35.1. The summed E-state index contributed by atoms with van der Waals surface area (Å²) in [6.07, 6.45) is 28.5. The van der Waals surface area contributed by atoms with Gasteiger partial charge in [-0.3, -0.25) is 0 Å². The van der Waals surface area contributed by atoms with E-state index in [4.69, 9.17) is 16.4 Å². The zero-order valence-electron chi connectivity index (χ0n) is 30.7. The molecule has 0 aromatic rings. The molecule has 2 N–H and O–H groups in total. The van der Waals surface area contributed by atoms with E-state index in [2.05, 4.69) is 39.1 Å². The van der Waals surface area contributed by atoms with Crippen LogP contribution in [0.25, 0.3) is 0 Å². The van der Waals surface area contributed by atoms with Gasteiger partial charge >= 0.3 is 259 Å². The third kappa shape index (κ3) is 26.8. The number of rotatable bonds is 36. The van der Waals surface area contributed by atoms with E-state index in [9.17, 15) is 9.59 Å². The van der Waals surface area contributed by atoms with Crippen LogP contribution in [0.5, 0.6) is 0 Å². The maximum absolute atomic E-state index is 13.6. The molecule has 0 amide bonds. The number of aliphatic hydroxyl groups is 2. The van der Waals surface area contributed by atoms with E-state index in [0.29, 0.717) is 24.7 Å². The van der Waals surface area contributed by atoms with Crippen LogP contribution in [0.15, 0.2) is 0 Å². The van der Waals surface area contributed by atoms with E-state index in [1.807, 2.05) is 0 Å². The van der Waals surface area contributed by atoms with Gasteiger partial charge in [0, 0.05) is 13.2 Å². The Morgan fingerprint density at radius 1 is 0.489 bits per heavy atom. The summed E-state index contributed by atoms with van der Waals surface area (Å²) in [5.41, 5.74) is 0. The number of aliphatic hydroxyl groups excluding tert-OH is 2. The van der Waals surface area contributed by atoms with E-state index in [0.717, 1.165) is 98.8 Å². The number of carbonyl (C=O) groups is 2. The van der Waals surface area contributed by atoms with E-state index >= 15 is 0 Å². The summed E-state index contributed by atoms with van der Waals surface area (Å²) in [5.74, 6) is 0.0671. The van der Waals surface area contributed by atoms with Crippen molar-refractivity contribution in [2.24, 2.45) is 11.8 Å². The molecule has 280 valence electrons. The van der Waals surface area contributed by atoms with Crippen molar-refractivity contribution in [2.45, 2.75) is 190 Å². The molecule has 0 aliphatic rings. The van der Waals surface area contributed by atoms with Gasteiger partial charge in [-0.15, -0.1) is 0 Å². The van der Waals surface area contributed by atoms with E-state index in [1.165, 1.54) is 77.0 Å². The van der Waals surface area contributed by atoms with Crippen LogP contribution in [0.3, 0.4) is 0 Å². The molecule has 0 radical (unpaired) electrons. The van der Waals surface area contributed by atoms with Crippen molar-refractivity contribution in [2.75, 3.05) is 24.7 Å². The Hall–Kier alpha value is 0.359. The van der Waals surface area contributed by atoms with Gasteiger partial charge in [0.25, 0.3) is 0 Å². The molecule has 0 aliphatic heterocycles. The fourth-order valence-electron chi connectivity index (χ4n) is 6.18. The summed E-state index contributed by atoms with van der Waals surface area (Å²) in [5, 5.41) is 17.8. The van der Waals surface area contributed by atoms with Gasteiger partial charge in [-0.1, -0.05) is 12.8 Å². The van der Waals surface area contributed by atoms with Crippen LogP contribution in [0.1, 0.15) is 181 Å². The first-order valence-electron chi connectivity index (χ1n) is 19.8. The molecule has 0 saturated heterocycles. The first-order chi connectivity index (χ1) is 22.9. The number of hydrogen-bond donors (Lipinski definition) is 4. The van der Waals surface area contributed by atoms with Crippen molar-refractivity contribution in [3.05, 3.63) is 0 Å². The van der Waals surface area contributed by atoms with Crippen molar-refractivity contribution in [3.8, 4) is 0 Å². The minimum absolute atomic E-state index is 0.186. The van der Waals surface area contributed by atoms with Crippen LogP contribution in [0, 0.1) is 11.8 Å². The number of unbranched alkanes of at least 4 members (excludes halogenated alkanes) is 20. The average Bonchev–Trinajstić information content (AvgIpc) is 3.07. The predicted octanol–water partition coefficient (Wildman–Crippen LogP) is 10.8. The molecule has 2 atom stereocenters. The number of carbonyl (C=O) groups excluding carboxylic acids is 2. The predicted molar refractivity (Wildman–Crippen MR) is 208 cm³/mol. The standard InChI is InChI=1S/2C15H30O3S.2C4H9.Sn/c2*16-12-10-8-6-4-2-1-3-5-7-9-11-14(13-19)15(17)18;2*1-3-4-2;/h2*14,16,19H,1-13H2,(H,17,18);2*1,3-4H2,2H3;/q;;;;+2/p-2. The van der Waals surface area contributed by atoms with Crippen molar-refractivity contribution < 1.29 is 26.0 Å². The molecular formula is C38H76O6S2Sn. The Morgan fingerprint density at radius 2 is 0.766 bits per heavy atom. The molecule has 0 heterocycles. The zero-order chi connectivity index (χ0) is 34.9. The van der Waals surface area contributed by atoms with Crippen molar-refractivity contribution >= 4 is 56.4 Å². The van der Waals surface area contributed by atoms with Gasteiger partial charge in [0.15, 0.2) is 0 Å². The monoisotopic (exact) mass is 812 g/mol. The van der Waals surface area contributed by atoms with Crippen LogP contribution in [0.2, 0.25) is 8.87 Å². The fourth-order valence-corrected chi connectivity index (χ4v) is 17.0. The Morgan fingerprint density at radius 3 is 1.02 bits per heavy atom. The van der Waals surface area contributed by atoms with Crippen molar-refractivity contribution in [1.29, 1.82) is 0 Å². The molecule has 0 bridgehead atoms. The summed E-state index contributed by atoms with van der Waals surface area (Å²) in [6, 6.07) is 0. The minimum Gasteiger partial charge on any atom is -0.396 e. The molecule has 2 unspecified atom stereocenters. The van der Waals surface area contributed by atoms with Crippen LogP contribution in [-0.4, -0.2) is 66.1 Å². The summed E-state index contributed by atoms with van der Waals surface area (Å²) in [7, 11) is 0.